The van der Waals surface area contributed by atoms with E-state index in [2.05, 4.69) is 43.5 Å². The predicted molar refractivity (Wildman–Crippen MR) is 178 cm³/mol. The summed E-state index contributed by atoms with van der Waals surface area (Å²) in [5.41, 5.74) is 4.12. The van der Waals surface area contributed by atoms with E-state index in [1.165, 1.54) is 13.8 Å². The maximum atomic E-state index is 12.6. The number of ketones is 1. The molecule has 0 saturated carbocycles. The quantitative estimate of drug-likeness (QED) is 0.0551. The van der Waals surface area contributed by atoms with E-state index in [0.717, 1.165) is 17.2 Å². The van der Waals surface area contributed by atoms with Crippen LogP contribution in [0.4, 0.5) is 19.0 Å². The first-order chi connectivity index (χ1) is 25.2. The van der Waals surface area contributed by atoms with Crippen molar-refractivity contribution < 1.29 is 93.7 Å². The Kier molecular flexibility index (Phi) is 15.9. The van der Waals surface area contributed by atoms with Gasteiger partial charge in [0.15, 0.2) is 17.7 Å². The molecule has 0 radical (unpaired) electrons. The Morgan fingerprint density at radius 3 is 2.35 bits per heavy atom. The first kappa shape index (κ1) is 46.7. The van der Waals surface area contributed by atoms with Crippen LogP contribution in [0.3, 0.4) is 0 Å². The van der Waals surface area contributed by atoms with Crippen LogP contribution in [0.5, 0.6) is 0 Å². The number of carbonyl (C=O) groups excluding carboxylic acids is 3. The monoisotopic (exact) mass is 877 g/mol. The molecule has 1 saturated heterocycles. The average Bonchev–Trinajstić information content (AvgIpc) is 3.62. The fraction of sp³-hybridized carbons (Fsp3) is 0.667. The number of amides is 2. The summed E-state index contributed by atoms with van der Waals surface area (Å²) in [6, 6.07) is 0. The minimum Gasteiger partial charge on any atom is -0.386 e. The molecule has 10 N–H and O–H groups in total. The van der Waals surface area contributed by atoms with Crippen molar-refractivity contribution in [2.24, 2.45) is 5.41 Å². The smallest absolute Gasteiger partial charge is 0.386 e. The molecule has 0 spiro atoms. The normalized spacial score (nSPS) is 22.2. The number of aliphatic hydroxyl groups excluding tert-OH is 2. The Labute approximate surface area is 312 Å². The Balaban J connectivity index is 1.49. The number of nitrogen functional groups attached to an aromatic ring is 1. The molecule has 7 atom stereocenters. The Hall–Kier alpha value is -2.65. The molecule has 2 aromatic heterocycles. The van der Waals surface area contributed by atoms with Crippen LogP contribution in [0.15, 0.2) is 12.7 Å². The second kappa shape index (κ2) is 18.7. The van der Waals surface area contributed by atoms with Crippen LogP contribution in [0, 0.1) is 5.41 Å². The molecule has 24 nitrogen and oxygen atoms in total. The average molecular weight is 878 g/mol. The molecule has 1 aliphatic heterocycles. The summed E-state index contributed by atoms with van der Waals surface area (Å²) >= 11 is 0.651. The van der Waals surface area contributed by atoms with Crippen LogP contribution in [0.2, 0.25) is 0 Å². The fourth-order valence-electron chi connectivity index (χ4n) is 4.45. The summed E-state index contributed by atoms with van der Waals surface area (Å²) in [6.07, 6.45) is -12.3. The lowest BCUT2D eigenvalue weighted by Crippen LogP contribution is -2.46. The number of Topliss-reactive ketones (excluding diaryl/α,β-unsaturated/α-hetero) is 1. The van der Waals surface area contributed by atoms with Crippen molar-refractivity contribution >= 4 is 69.8 Å². The van der Waals surface area contributed by atoms with Crippen molar-refractivity contribution in [2.75, 3.05) is 43.5 Å². The van der Waals surface area contributed by atoms with Crippen molar-refractivity contribution in [1.82, 2.24) is 30.2 Å². The van der Waals surface area contributed by atoms with Crippen LogP contribution in [0.1, 0.15) is 26.5 Å². The van der Waals surface area contributed by atoms with Gasteiger partial charge in [-0.25, -0.2) is 28.6 Å². The van der Waals surface area contributed by atoms with E-state index in [9.17, 15) is 71.0 Å². The van der Waals surface area contributed by atoms with Gasteiger partial charge in [0.05, 0.1) is 25.3 Å². The third-order valence-electron chi connectivity index (χ3n) is 7.20. The fourth-order valence-corrected chi connectivity index (χ4v) is 8.02. The van der Waals surface area contributed by atoms with Gasteiger partial charge in [-0.1, -0.05) is 13.8 Å². The van der Waals surface area contributed by atoms with Gasteiger partial charge in [0, 0.05) is 30.7 Å². The first-order valence-electron chi connectivity index (χ1n) is 15.3. The number of fused-ring (bicyclic) bond motifs is 1. The largest absolute Gasteiger partial charge is 0.481 e. The van der Waals surface area contributed by atoms with Crippen LogP contribution in [-0.4, -0.2) is 135 Å². The summed E-state index contributed by atoms with van der Waals surface area (Å²) < 4.78 is 98.3. The Morgan fingerprint density at radius 2 is 1.71 bits per heavy atom. The molecule has 1 fully saturated rings. The number of nitrogens with two attached hydrogens (primary N) is 1. The molecule has 0 bridgehead atoms. The molecule has 2 unspecified atom stereocenters. The maximum absolute atomic E-state index is 12.6. The zero-order valence-corrected chi connectivity index (χ0v) is 31.9. The van der Waals surface area contributed by atoms with Gasteiger partial charge in [0.1, 0.15) is 36.3 Å². The number of nitrogens with zero attached hydrogens (tertiary/aromatic N) is 4. The molecule has 3 rings (SSSR count). The molecule has 2 aromatic rings. The summed E-state index contributed by atoms with van der Waals surface area (Å²) in [6.45, 7) is -0.149. The van der Waals surface area contributed by atoms with Crippen LogP contribution in [0.25, 0.3) is 11.2 Å². The number of aliphatic hydroxyl groups is 2. The van der Waals surface area contributed by atoms with Gasteiger partial charge in [0.25, 0.3) is 0 Å². The van der Waals surface area contributed by atoms with E-state index < -0.39 is 102 Å². The van der Waals surface area contributed by atoms with Crippen molar-refractivity contribution in [3.63, 3.8) is 0 Å². The summed E-state index contributed by atoms with van der Waals surface area (Å²) in [4.78, 5) is 85.9. The number of hydrogen-bond acceptors (Lipinski definition) is 18. The molecule has 3 heterocycles. The van der Waals surface area contributed by atoms with Crippen LogP contribution >= 0.6 is 35.2 Å². The second-order valence-corrected chi connectivity index (χ2v) is 17.4. The van der Waals surface area contributed by atoms with Crippen molar-refractivity contribution in [2.45, 2.75) is 57.1 Å². The van der Waals surface area contributed by atoms with Gasteiger partial charge in [-0.15, -0.1) is 0 Å². The Bertz CT molecular complexity index is 1840. The number of alkyl halides is 3. The highest BCUT2D eigenvalue weighted by atomic mass is 32.2. The summed E-state index contributed by atoms with van der Waals surface area (Å²) in [5, 5.41) is 25.9. The lowest BCUT2D eigenvalue weighted by atomic mass is 9.87. The predicted octanol–water partition coefficient (Wildman–Crippen LogP) is -0.730. The first-order valence-corrected chi connectivity index (χ1v) is 21.0. The lowest BCUT2D eigenvalue weighted by Gasteiger charge is -2.30. The van der Waals surface area contributed by atoms with E-state index in [-0.39, 0.29) is 42.2 Å². The number of phosphoric acid groups is 3. The van der Waals surface area contributed by atoms with Crippen molar-refractivity contribution in [3.8, 4) is 0 Å². The number of ether oxygens (including phenoxy) is 1. The van der Waals surface area contributed by atoms with Gasteiger partial charge in [-0.3, -0.25) is 32.5 Å². The summed E-state index contributed by atoms with van der Waals surface area (Å²) in [7, 11) is -16.5. The van der Waals surface area contributed by atoms with Crippen LogP contribution < -0.4 is 16.4 Å². The van der Waals surface area contributed by atoms with E-state index >= 15 is 0 Å². The minimum atomic E-state index is -5.61. The number of imidazole rings is 1. The highest BCUT2D eigenvalue weighted by Crippen LogP contribution is 2.61. The standard InChI is InChI=1S/C24H37F3N7O17P3S/c1-23(2,18(38)21(39)30-4-3-14(36)29-5-6-55-8-13(35)24(25,26)27)9-48-54(45,46)51-53(43,44)47-7-12-17(50-52(40,41)42)16(37)22(49-12)34-11-33-15-19(28)31-10-32-20(15)34/h10-12,16-18,22,37-38H,3-9H2,1-2H3,(H,29,36)(H,30,39)(H,43,44)(H,45,46)(H2,28,31,32)(H2,40,41,42)/t12-,16-,17-,18+,22-/m1/s1. The van der Waals surface area contributed by atoms with Crippen molar-refractivity contribution in [3.05, 3.63) is 12.7 Å². The molecule has 0 aliphatic carbocycles. The molecule has 1 aliphatic rings. The van der Waals surface area contributed by atoms with Crippen molar-refractivity contribution in [1.29, 1.82) is 0 Å². The number of aromatic nitrogens is 4. The number of anilines is 1. The zero-order chi connectivity index (χ0) is 41.6. The second-order valence-electron chi connectivity index (χ2n) is 12.0. The van der Waals surface area contributed by atoms with Gasteiger partial charge < -0.3 is 50.9 Å². The van der Waals surface area contributed by atoms with Gasteiger partial charge in [-0.2, -0.15) is 29.2 Å². The SMILES string of the molecule is CC(C)(COP(=O)(O)OP(=O)(O)OC[C@H]1O[C@@H](n2cnc3c(N)ncnc32)[C@H](O)[C@@H]1OP(=O)(O)O)[C@@H](O)C(=O)NCCC(=O)NCCSCC(=O)C(F)(F)F. The third kappa shape index (κ3) is 14.0. The highest BCUT2D eigenvalue weighted by Gasteiger charge is 2.50. The number of rotatable bonds is 21. The van der Waals surface area contributed by atoms with Crippen LogP contribution in [-0.2, 0) is 50.7 Å². The number of phosphoric ester groups is 3. The number of carbonyl (C=O) groups is 3. The summed E-state index contributed by atoms with van der Waals surface area (Å²) in [5.74, 6) is -4.50. The lowest BCUT2D eigenvalue weighted by molar-refractivity contribution is -0.167. The number of thioether (sulfide) groups is 1. The molecule has 312 valence electrons. The third-order valence-corrected chi connectivity index (χ3v) is 11.3. The topological polar surface area (TPSA) is 364 Å². The molecule has 2 amide bonds. The van der Waals surface area contributed by atoms with E-state index in [0.29, 0.717) is 11.8 Å². The molecular weight excluding hydrogens is 840 g/mol. The maximum Gasteiger partial charge on any atom is 0.481 e. The molecule has 55 heavy (non-hydrogen) atoms. The highest BCUT2D eigenvalue weighted by molar-refractivity contribution is 7.99. The van der Waals surface area contributed by atoms with Gasteiger partial charge in [-0.05, 0) is 0 Å². The number of hydrogen-bond donors (Lipinski definition) is 9. The van der Waals surface area contributed by atoms with E-state index in [4.69, 9.17) is 10.5 Å². The minimum absolute atomic E-state index is 0.00473. The zero-order valence-electron chi connectivity index (χ0n) is 28.4. The van der Waals surface area contributed by atoms with E-state index in [1.807, 2.05) is 0 Å². The van der Waals surface area contributed by atoms with Gasteiger partial charge >= 0.3 is 29.6 Å². The molecule has 31 heteroatoms. The molecular formula is C24H37F3N7O17P3S. The number of halogens is 3. The van der Waals surface area contributed by atoms with Gasteiger partial charge in [0.2, 0.25) is 17.6 Å². The number of nitrogens with one attached hydrogen (secondary N) is 2. The molecule has 0 aromatic carbocycles. The van der Waals surface area contributed by atoms with E-state index in [1.54, 1.807) is 0 Å². The Morgan fingerprint density at radius 1 is 1.05 bits per heavy atom.